The number of pyridine rings is 1. The van der Waals surface area contributed by atoms with Gasteiger partial charge in [0.25, 0.3) is 5.91 Å². The van der Waals surface area contributed by atoms with E-state index in [0.717, 1.165) is 17.7 Å². The van der Waals surface area contributed by atoms with Crippen molar-refractivity contribution in [2.24, 2.45) is 0 Å². The van der Waals surface area contributed by atoms with Crippen molar-refractivity contribution >= 4 is 25.1 Å². The van der Waals surface area contributed by atoms with Gasteiger partial charge >= 0.3 is 6.18 Å². The summed E-state index contributed by atoms with van der Waals surface area (Å²) >= 11 is 0. The van der Waals surface area contributed by atoms with E-state index < -0.39 is 11.7 Å². The molecule has 0 spiro atoms. The number of anilines is 1. The molecule has 0 N–H and O–H groups in total. The van der Waals surface area contributed by atoms with E-state index >= 15 is 0 Å². The van der Waals surface area contributed by atoms with Crippen LogP contribution in [0.3, 0.4) is 0 Å². The summed E-state index contributed by atoms with van der Waals surface area (Å²) in [5.74, 6) is -0.0189. The monoisotopic (exact) mass is 473 g/mol. The van der Waals surface area contributed by atoms with Crippen LogP contribution in [0, 0.1) is 0 Å². The molecule has 1 atom stereocenters. The number of hydrogen-bond acceptors (Lipinski definition) is 5. The van der Waals surface area contributed by atoms with E-state index in [1.807, 2.05) is 13.0 Å². The quantitative estimate of drug-likeness (QED) is 0.421. The SMILES string of the molecule is C[C@H]1CN(c2ccc(C(F)(F)F)cc2)C(=O)c2c(-c3cc(-c4cccnc4)no3)cnn21.S. The summed E-state index contributed by atoms with van der Waals surface area (Å²) in [4.78, 5) is 18.9. The molecule has 4 heterocycles. The van der Waals surface area contributed by atoms with Gasteiger partial charge in [0, 0.05) is 36.3 Å². The fraction of sp³-hybridized carbons (Fsp3) is 0.182. The maximum Gasteiger partial charge on any atom is 0.416 e. The molecule has 0 radical (unpaired) electrons. The molecule has 5 rings (SSSR count). The van der Waals surface area contributed by atoms with Gasteiger partial charge in [0.05, 0.1) is 23.4 Å². The predicted octanol–water partition coefficient (Wildman–Crippen LogP) is 4.95. The number of carbonyl (C=O) groups is 1. The van der Waals surface area contributed by atoms with Crippen molar-refractivity contribution in [3.05, 3.63) is 72.3 Å². The highest BCUT2D eigenvalue weighted by Gasteiger charge is 2.35. The van der Waals surface area contributed by atoms with Crippen LogP contribution < -0.4 is 4.90 Å². The molecular weight excluding hydrogens is 455 g/mol. The van der Waals surface area contributed by atoms with Gasteiger partial charge in [-0.05, 0) is 43.3 Å². The van der Waals surface area contributed by atoms with Crippen LogP contribution >= 0.6 is 13.5 Å². The zero-order valence-electron chi connectivity index (χ0n) is 17.2. The summed E-state index contributed by atoms with van der Waals surface area (Å²) in [5, 5.41) is 8.40. The lowest BCUT2D eigenvalue weighted by Crippen LogP contribution is -2.42. The highest BCUT2D eigenvalue weighted by molar-refractivity contribution is 7.59. The molecule has 1 aliphatic rings. The Bertz CT molecular complexity index is 1290. The number of carbonyl (C=O) groups excluding carboxylic acids is 1. The number of amides is 1. The van der Waals surface area contributed by atoms with E-state index in [9.17, 15) is 18.0 Å². The molecule has 170 valence electrons. The normalized spacial score (nSPS) is 15.8. The Kier molecular flexibility index (Phi) is 5.75. The van der Waals surface area contributed by atoms with Crippen molar-refractivity contribution in [3.63, 3.8) is 0 Å². The van der Waals surface area contributed by atoms with Gasteiger partial charge in [-0.2, -0.15) is 31.8 Å². The van der Waals surface area contributed by atoms with Crippen LogP contribution in [0.5, 0.6) is 0 Å². The Morgan fingerprint density at radius 1 is 1.12 bits per heavy atom. The van der Waals surface area contributed by atoms with E-state index in [0.29, 0.717) is 22.7 Å². The summed E-state index contributed by atoms with van der Waals surface area (Å²) in [6.07, 6.45) is 0.387. The molecule has 1 aromatic carbocycles. The summed E-state index contributed by atoms with van der Waals surface area (Å²) in [7, 11) is 0. The van der Waals surface area contributed by atoms with E-state index in [2.05, 4.69) is 15.2 Å². The zero-order valence-corrected chi connectivity index (χ0v) is 18.2. The van der Waals surface area contributed by atoms with Gasteiger partial charge in [-0.1, -0.05) is 5.16 Å². The number of alkyl halides is 3. The second kappa shape index (κ2) is 8.39. The van der Waals surface area contributed by atoms with Gasteiger partial charge in [-0.15, -0.1) is 0 Å². The number of nitrogens with zero attached hydrogens (tertiary/aromatic N) is 5. The van der Waals surface area contributed by atoms with Crippen LogP contribution in [-0.2, 0) is 6.18 Å². The maximum atomic E-state index is 13.3. The fourth-order valence-corrected chi connectivity index (χ4v) is 3.75. The topological polar surface area (TPSA) is 77.1 Å². The molecule has 0 saturated carbocycles. The van der Waals surface area contributed by atoms with Gasteiger partial charge in [0.15, 0.2) is 5.76 Å². The van der Waals surface area contributed by atoms with Crippen molar-refractivity contribution in [2.75, 3.05) is 11.4 Å². The largest absolute Gasteiger partial charge is 0.416 e. The van der Waals surface area contributed by atoms with Crippen LogP contribution in [0.1, 0.15) is 29.0 Å². The van der Waals surface area contributed by atoms with Crippen molar-refractivity contribution in [2.45, 2.75) is 19.1 Å². The number of halogens is 3. The third-order valence-corrected chi connectivity index (χ3v) is 5.35. The lowest BCUT2D eigenvalue weighted by atomic mass is 10.1. The number of benzene rings is 1. The standard InChI is InChI=1S/C22H16F3N5O2.H2S/c1-13-12-29(16-6-4-15(5-7-16)22(23,24)25)21(31)20-17(11-27-30(13)20)19-9-18(28-32-19)14-3-2-8-26-10-14;/h2-11,13H,12H2,1H3;1H2/t13-;/m0./s1. The Morgan fingerprint density at radius 2 is 1.88 bits per heavy atom. The fourth-order valence-electron chi connectivity index (χ4n) is 3.75. The lowest BCUT2D eigenvalue weighted by molar-refractivity contribution is -0.137. The van der Waals surface area contributed by atoms with Crippen molar-refractivity contribution in [3.8, 4) is 22.6 Å². The van der Waals surface area contributed by atoms with Gasteiger partial charge in [-0.25, -0.2) is 0 Å². The first-order chi connectivity index (χ1) is 15.3. The molecular formula is C22H18F3N5O2S. The average Bonchev–Trinajstić information content (AvgIpc) is 3.44. The summed E-state index contributed by atoms with van der Waals surface area (Å²) in [6.45, 7) is 2.15. The first-order valence-electron chi connectivity index (χ1n) is 9.77. The minimum absolute atomic E-state index is 0. The van der Waals surface area contributed by atoms with Crippen LogP contribution in [0.15, 0.2) is 65.6 Å². The maximum absolute atomic E-state index is 13.3. The molecule has 0 saturated heterocycles. The second-order valence-electron chi connectivity index (χ2n) is 7.48. The van der Waals surface area contributed by atoms with E-state index in [1.165, 1.54) is 23.2 Å². The van der Waals surface area contributed by atoms with E-state index in [-0.39, 0.29) is 37.7 Å². The van der Waals surface area contributed by atoms with E-state index in [4.69, 9.17) is 4.52 Å². The average molecular weight is 473 g/mol. The number of rotatable bonds is 3. The molecule has 0 aliphatic carbocycles. The Balaban J connectivity index is 0.00000259. The minimum atomic E-state index is -4.44. The molecule has 3 aromatic heterocycles. The Labute approximate surface area is 193 Å². The Morgan fingerprint density at radius 3 is 2.55 bits per heavy atom. The number of aromatic nitrogens is 4. The van der Waals surface area contributed by atoms with Crippen molar-refractivity contribution in [1.29, 1.82) is 0 Å². The van der Waals surface area contributed by atoms with E-state index in [1.54, 1.807) is 29.2 Å². The highest BCUT2D eigenvalue weighted by Crippen LogP contribution is 2.35. The number of fused-ring (bicyclic) bond motifs is 1. The molecule has 7 nitrogen and oxygen atoms in total. The third-order valence-electron chi connectivity index (χ3n) is 5.35. The molecule has 11 heteroatoms. The van der Waals surface area contributed by atoms with Gasteiger partial charge in [0.2, 0.25) is 0 Å². The summed E-state index contributed by atoms with van der Waals surface area (Å²) < 4.78 is 45.8. The van der Waals surface area contributed by atoms with Crippen LogP contribution in [-0.4, -0.2) is 32.4 Å². The third kappa shape index (κ3) is 3.99. The molecule has 1 aliphatic heterocycles. The zero-order chi connectivity index (χ0) is 22.5. The summed E-state index contributed by atoms with van der Waals surface area (Å²) in [5.41, 5.74) is 1.67. The van der Waals surface area contributed by atoms with Gasteiger partial charge < -0.3 is 9.42 Å². The smallest absolute Gasteiger partial charge is 0.356 e. The molecule has 1 amide bonds. The van der Waals surface area contributed by atoms with Crippen LogP contribution in [0.25, 0.3) is 22.6 Å². The molecule has 0 bridgehead atoms. The van der Waals surface area contributed by atoms with Gasteiger partial charge in [-0.3, -0.25) is 14.5 Å². The minimum Gasteiger partial charge on any atom is -0.356 e. The molecule has 33 heavy (non-hydrogen) atoms. The van der Waals surface area contributed by atoms with Crippen molar-refractivity contribution in [1.82, 2.24) is 19.9 Å². The van der Waals surface area contributed by atoms with Crippen LogP contribution in [0.2, 0.25) is 0 Å². The molecule has 0 fully saturated rings. The highest BCUT2D eigenvalue weighted by atomic mass is 32.1. The lowest BCUT2D eigenvalue weighted by Gasteiger charge is -2.32. The van der Waals surface area contributed by atoms with Gasteiger partial charge in [0.1, 0.15) is 11.4 Å². The predicted molar refractivity (Wildman–Crippen MR) is 119 cm³/mol. The second-order valence-corrected chi connectivity index (χ2v) is 7.48. The first-order valence-corrected chi connectivity index (χ1v) is 9.77. The first kappa shape index (κ1) is 22.6. The van der Waals surface area contributed by atoms with Crippen molar-refractivity contribution < 1.29 is 22.5 Å². The molecule has 4 aromatic rings. The Hall–Kier alpha value is -3.60. The van der Waals surface area contributed by atoms with Crippen LogP contribution in [0.4, 0.5) is 18.9 Å². The molecule has 0 unspecified atom stereocenters. The summed E-state index contributed by atoms with van der Waals surface area (Å²) in [6, 6.07) is 9.65. The number of hydrogen-bond donors (Lipinski definition) is 0.